The van der Waals surface area contributed by atoms with Crippen molar-refractivity contribution in [3.8, 4) is 0 Å². The molecule has 0 bridgehead atoms. The van der Waals surface area contributed by atoms with Gasteiger partial charge in [-0.3, -0.25) is 0 Å². The Balaban J connectivity index is 1.55. The van der Waals surface area contributed by atoms with Gasteiger partial charge in [0, 0.05) is 0 Å². The molecule has 0 heterocycles. The molecule has 0 aliphatic carbocycles. The van der Waals surface area contributed by atoms with Crippen LogP contribution in [0.5, 0.6) is 0 Å². The summed E-state index contributed by atoms with van der Waals surface area (Å²) in [6, 6.07) is 33.8. The fourth-order valence-electron chi connectivity index (χ4n) is 5.05. The molecule has 0 radical (unpaired) electrons. The second-order valence-corrected chi connectivity index (χ2v) is 12.1. The van der Waals surface area contributed by atoms with Crippen LogP contribution in [0.2, 0.25) is 0 Å². The first-order chi connectivity index (χ1) is 25.2. The third kappa shape index (κ3) is 12.7. The number of aliphatic hydroxyl groups is 1. The lowest BCUT2D eigenvalue weighted by Crippen LogP contribution is -2.59. The molecule has 13 heteroatoms. The van der Waals surface area contributed by atoms with E-state index >= 15 is 0 Å². The number of ether oxygens (including phenoxy) is 4. The van der Waals surface area contributed by atoms with Gasteiger partial charge in [-0.05, 0) is 34.6 Å². The van der Waals surface area contributed by atoms with Gasteiger partial charge in [0.1, 0.15) is 26.4 Å². The molecule has 52 heavy (non-hydrogen) atoms. The highest BCUT2D eigenvalue weighted by molar-refractivity contribution is 5.75. The molecule has 13 nitrogen and oxygen atoms in total. The SMILES string of the molecule is CC(C)[C@H](C[C@H](CO)N(NC(=O)OCc1ccccc1)C(=O)OCc1ccccc1)N(NC(=O)OCc1ccccc1)C(=O)OCc1ccccc1. The highest BCUT2D eigenvalue weighted by Gasteiger charge is 2.36. The lowest BCUT2D eigenvalue weighted by atomic mass is 9.96. The second kappa shape index (κ2) is 20.6. The van der Waals surface area contributed by atoms with Gasteiger partial charge in [-0.25, -0.2) is 40.0 Å². The molecule has 4 aromatic rings. The molecule has 4 amide bonds. The monoisotopic (exact) mass is 712 g/mol. The molecule has 0 saturated heterocycles. The van der Waals surface area contributed by atoms with E-state index in [0.29, 0.717) is 16.7 Å². The molecule has 0 saturated carbocycles. The Hall–Kier alpha value is -6.08. The number of rotatable bonds is 14. The minimum absolute atomic E-state index is 0.0682. The van der Waals surface area contributed by atoms with Gasteiger partial charge in [0.05, 0.1) is 18.7 Å². The summed E-state index contributed by atoms with van der Waals surface area (Å²) >= 11 is 0. The lowest BCUT2D eigenvalue weighted by Gasteiger charge is -2.37. The molecular formula is C39H44N4O9. The Kier molecular flexibility index (Phi) is 15.3. The number of carbonyl (C=O) groups excluding carboxylic acids is 4. The number of amides is 4. The van der Waals surface area contributed by atoms with E-state index in [-0.39, 0.29) is 38.8 Å². The number of hydrazine groups is 2. The van der Waals surface area contributed by atoms with Crippen LogP contribution in [-0.4, -0.2) is 58.2 Å². The quantitative estimate of drug-likeness (QED) is 0.0954. The van der Waals surface area contributed by atoms with Crippen molar-refractivity contribution < 1.29 is 43.2 Å². The molecule has 3 N–H and O–H groups in total. The van der Waals surface area contributed by atoms with Crippen molar-refractivity contribution in [2.45, 2.75) is 58.8 Å². The third-order valence-electron chi connectivity index (χ3n) is 7.84. The maximum absolute atomic E-state index is 13.7. The summed E-state index contributed by atoms with van der Waals surface area (Å²) in [5, 5.41) is 12.5. The van der Waals surface area contributed by atoms with Gasteiger partial charge in [0.25, 0.3) is 0 Å². The predicted octanol–water partition coefficient (Wildman–Crippen LogP) is 6.72. The minimum atomic E-state index is -1.17. The summed E-state index contributed by atoms with van der Waals surface area (Å²) in [5.41, 5.74) is 7.74. The summed E-state index contributed by atoms with van der Waals surface area (Å²) in [6.07, 6.45) is -3.98. The summed E-state index contributed by atoms with van der Waals surface area (Å²) in [6.45, 7) is 2.51. The van der Waals surface area contributed by atoms with E-state index < -0.39 is 43.1 Å². The predicted molar refractivity (Wildman–Crippen MR) is 191 cm³/mol. The third-order valence-corrected chi connectivity index (χ3v) is 7.84. The average molecular weight is 713 g/mol. The van der Waals surface area contributed by atoms with Crippen LogP contribution in [0.25, 0.3) is 0 Å². The van der Waals surface area contributed by atoms with Gasteiger partial charge >= 0.3 is 24.4 Å². The Bertz CT molecular complexity index is 1680. The zero-order chi connectivity index (χ0) is 37.1. The lowest BCUT2D eigenvalue weighted by molar-refractivity contribution is 0.00284. The smallest absolute Gasteiger partial charge is 0.429 e. The normalized spacial score (nSPS) is 11.8. The van der Waals surface area contributed by atoms with E-state index in [1.165, 1.54) is 0 Å². The van der Waals surface area contributed by atoms with E-state index in [1.807, 2.05) is 24.3 Å². The van der Waals surface area contributed by atoms with Gasteiger partial charge in [-0.1, -0.05) is 135 Å². The number of nitrogens with zero attached hydrogens (tertiary/aromatic N) is 2. The molecule has 4 aromatic carbocycles. The first-order valence-corrected chi connectivity index (χ1v) is 16.8. The molecule has 0 unspecified atom stereocenters. The van der Waals surface area contributed by atoms with Crippen molar-refractivity contribution in [2.24, 2.45) is 5.92 Å². The van der Waals surface area contributed by atoms with E-state index in [4.69, 9.17) is 18.9 Å². The Morgan fingerprint density at radius 2 is 0.865 bits per heavy atom. The largest absolute Gasteiger partial charge is 0.443 e. The number of aliphatic hydroxyl groups excluding tert-OH is 1. The van der Waals surface area contributed by atoms with Crippen LogP contribution in [0.3, 0.4) is 0 Å². The zero-order valence-corrected chi connectivity index (χ0v) is 29.1. The van der Waals surface area contributed by atoms with Crippen molar-refractivity contribution in [1.29, 1.82) is 0 Å². The molecule has 0 aromatic heterocycles. The van der Waals surface area contributed by atoms with Crippen molar-refractivity contribution in [3.05, 3.63) is 144 Å². The standard InChI is InChI=1S/C39H44N4O9/c1-29(2)35(43(39(48)52-28-33-21-13-6-14-22-33)41-37(46)50-26-31-17-9-4-10-18-31)23-34(24-44)42(38(47)51-27-32-19-11-5-12-20-32)40-36(45)49-25-30-15-7-3-8-16-30/h3-22,29,34-35,44H,23-28H2,1-2H3,(H,40,45)(H,41,46)/t34-,35+/m1/s1. The molecule has 274 valence electrons. The van der Waals surface area contributed by atoms with E-state index in [9.17, 15) is 24.3 Å². The first-order valence-electron chi connectivity index (χ1n) is 16.8. The Morgan fingerprint density at radius 3 is 1.21 bits per heavy atom. The van der Waals surface area contributed by atoms with Crippen LogP contribution < -0.4 is 10.9 Å². The number of hydrogen-bond donors (Lipinski definition) is 3. The highest BCUT2D eigenvalue weighted by atomic mass is 16.6. The van der Waals surface area contributed by atoms with Crippen molar-refractivity contribution >= 4 is 24.4 Å². The van der Waals surface area contributed by atoms with E-state index in [0.717, 1.165) is 15.6 Å². The van der Waals surface area contributed by atoms with Crippen LogP contribution >= 0.6 is 0 Å². The van der Waals surface area contributed by atoms with Gasteiger partial charge in [-0.2, -0.15) is 0 Å². The number of carbonyl (C=O) groups is 4. The molecule has 4 rings (SSSR count). The Labute approximate surface area is 303 Å². The first kappa shape index (κ1) is 38.7. The van der Waals surface area contributed by atoms with Gasteiger partial charge in [0.15, 0.2) is 0 Å². The van der Waals surface area contributed by atoms with Crippen molar-refractivity contribution in [3.63, 3.8) is 0 Å². The maximum atomic E-state index is 13.7. The molecule has 0 aliphatic rings. The van der Waals surface area contributed by atoms with Gasteiger partial charge < -0.3 is 24.1 Å². The van der Waals surface area contributed by atoms with E-state index in [2.05, 4.69) is 10.9 Å². The summed E-state index contributed by atoms with van der Waals surface area (Å²) in [5.74, 6) is -0.389. The van der Waals surface area contributed by atoms with Gasteiger partial charge in [0.2, 0.25) is 0 Å². The zero-order valence-electron chi connectivity index (χ0n) is 29.1. The van der Waals surface area contributed by atoms with Crippen molar-refractivity contribution in [1.82, 2.24) is 20.9 Å². The average Bonchev–Trinajstić information content (AvgIpc) is 3.18. The van der Waals surface area contributed by atoms with Crippen LogP contribution in [0.15, 0.2) is 121 Å². The Morgan fingerprint density at radius 1 is 0.538 bits per heavy atom. The molecule has 0 fully saturated rings. The highest BCUT2D eigenvalue weighted by Crippen LogP contribution is 2.21. The van der Waals surface area contributed by atoms with Crippen LogP contribution in [-0.2, 0) is 45.4 Å². The number of nitrogens with one attached hydrogen (secondary N) is 2. The van der Waals surface area contributed by atoms with Crippen LogP contribution in [0.1, 0.15) is 42.5 Å². The molecule has 2 atom stereocenters. The van der Waals surface area contributed by atoms with Crippen LogP contribution in [0, 0.1) is 5.92 Å². The summed E-state index contributed by atoms with van der Waals surface area (Å²) < 4.78 is 21.9. The van der Waals surface area contributed by atoms with E-state index in [1.54, 1.807) is 111 Å². The molecule has 0 aliphatic heterocycles. The topological polar surface area (TPSA) is 156 Å². The maximum Gasteiger partial charge on any atom is 0.429 e. The van der Waals surface area contributed by atoms with Crippen molar-refractivity contribution in [2.75, 3.05) is 6.61 Å². The summed E-state index contributed by atoms with van der Waals surface area (Å²) in [4.78, 5) is 53.4. The fraction of sp³-hybridized carbons (Fsp3) is 0.282. The second-order valence-electron chi connectivity index (χ2n) is 12.1. The number of hydrogen-bond acceptors (Lipinski definition) is 9. The minimum Gasteiger partial charge on any atom is -0.443 e. The molecule has 0 spiro atoms. The van der Waals surface area contributed by atoms with Gasteiger partial charge in [-0.15, -0.1) is 0 Å². The molecular weight excluding hydrogens is 668 g/mol. The van der Waals surface area contributed by atoms with Crippen LogP contribution in [0.4, 0.5) is 19.2 Å². The number of benzene rings is 4. The fourth-order valence-corrected chi connectivity index (χ4v) is 5.05. The summed E-state index contributed by atoms with van der Waals surface area (Å²) in [7, 11) is 0.